The minimum Gasteiger partial charge on any atom is -0.316 e. The summed E-state index contributed by atoms with van der Waals surface area (Å²) in [6, 6.07) is 15.5. The number of hydrogen-bond acceptors (Lipinski definition) is 5. The van der Waals surface area contributed by atoms with Crippen LogP contribution in [0.4, 0.5) is 10.9 Å². The summed E-state index contributed by atoms with van der Waals surface area (Å²) < 4.78 is 0. The molecule has 122 valence electrons. The van der Waals surface area contributed by atoms with E-state index in [1.54, 1.807) is 23.7 Å². The number of nitrogens with zero attached hydrogens (tertiary/aromatic N) is 3. The number of benzene rings is 1. The highest BCUT2D eigenvalue weighted by Gasteiger charge is 2.13. The Kier molecular flexibility index (Phi) is 4.41. The molecule has 0 aliphatic rings. The van der Waals surface area contributed by atoms with Gasteiger partial charge in [0.15, 0.2) is 5.13 Å². The zero-order valence-corrected chi connectivity index (χ0v) is 14.6. The number of pyridine rings is 2. The number of thiazole rings is 1. The van der Waals surface area contributed by atoms with Crippen LogP contribution in [-0.2, 0) is 0 Å². The van der Waals surface area contributed by atoms with Gasteiger partial charge >= 0.3 is 0 Å². The molecule has 0 fully saturated rings. The van der Waals surface area contributed by atoms with E-state index < -0.39 is 0 Å². The quantitative estimate of drug-likeness (QED) is 0.507. The van der Waals surface area contributed by atoms with Crippen LogP contribution in [0.2, 0.25) is 5.02 Å². The molecule has 3 heterocycles. The first-order chi connectivity index (χ1) is 12.3. The molecule has 0 unspecified atom stereocenters. The molecule has 0 atom stereocenters. The molecule has 0 radical (unpaired) electrons. The fourth-order valence-corrected chi connectivity index (χ4v) is 3.61. The van der Waals surface area contributed by atoms with Crippen molar-refractivity contribution in [2.45, 2.75) is 0 Å². The van der Waals surface area contributed by atoms with E-state index in [4.69, 9.17) is 11.6 Å². The number of anilines is 2. The van der Waals surface area contributed by atoms with Crippen molar-refractivity contribution in [2.75, 3.05) is 5.32 Å². The van der Waals surface area contributed by atoms with Crippen molar-refractivity contribution in [1.82, 2.24) is 15.0 Å². The van der Waals surface area contributed by atoms with Gasteiger partial charge in [-0.2, -0.15) is 0 Å². The molecule has 1 N–H and O–H groups in total. The first-order valence-corrected chi connectivity index (χ1v) is 8.84. The normalized spacial score (nSPS) is 10.6. The summed E-state index contributed by atoms with van der Waals surface area (Å²) in [5, 5.41) is 4.71. The smallest absolute Gasteiger partial charge is 0.188 e. The summed E-state index contributed by atoms with van der Waals surface area (Å²) >= 11 is 7.93. The molecule has 3 aromatic heterocycles. The van der Waals surface area contributed by atoms with E-state index in [1.807, 2.05) is 60.9 Å². The van der Waals surface area contributed by atoms with Gasteiger partial charge in [-0.25, -0.2) is 9.97 Å². The van der Waals surface area contributed by atoms with Crippen LogP contribution in [-0.4, -0.2) is 15.0 Å². The van der Waals surface area contributed by atoms with Gasteiger partial charge in [-0.05, 0) is 24.3 Å². The summed E-state index contributed by atoms with van der Waals surface area (Å²) in [7, 11) is 0. The fourth-order valence-electron chi connectivity index (χ4n) is 2.51. The van der Waals surface area contributed by atoms with Gasteiger partial charge in [0, 0.05) is 46.5 Å². The average Bonchev–Trinajstić information content (AvgIpc) is 3.11. The second-order valence-corrected chi connectivity index (χ2v) is 6.71. The number of aromatic nitrogens is 3. The minimum absolute atomic E-state index is 0.702. The molecular weight excluding hydrogens is 352 g/mol. The second-order valence-electron chi connectivity index (χ2n) is 5.27. The summed E-state index contributed by atoms with van der Waals surface area (Å²) in [6.45, 7) is 0. The Hall–Kier alpha value is -2.76. The Morgan fingerprint density at radius 3 is 2.52 bits per heavy atom. The highest BCUT2D eigenvalue weighted by Crippen LogP contribution is 2.38. The fraction of sp³-hybridized carbons (Fsp3) is 0. The maximum atomic E-state index is 6.37. The maximum absolute atomic E-state index is 6.37. The second kappa shape index (κ2) is 7.01. The summed E-state index contributed by atoms with van der Waals surface area (Å²) in [5.74, 6) is 0.768. The lowest BCUT2D eigenvalue weighted by Crippen LogP contribution is -1.90. The van der Waals surface area contributed by atoms with Gasteiger partial charge in [-0.3, -0.25) is 4.98 Å². The number of hydrogen-bond donors (Lipinski definition) is 1. The molecule has 4 nitrogen and oxygen atoms in total. The summed E-state index contributed by atoms with van der Waals surface area (Å²) in [6.07, 6.45) is 7.21. The zero-order valence-electron chi connectivity index (χ0n) is 13.1. The van der Waals surface area contributed by atoms with Crippen LogP contribution in [0.5, 0.6) is 0 Å². The highest BCUT2D eigenvalue weighted by atomic mass is 35.5. The molecule has 0 bridgehead atoms. The van der Waals surface area contributed by atoms with Gasteiger partial charge in [-0.15, -0.1) is 0 Å². The van der Waals surface area contributed by atoms with Crippen molar-refractivity contribution in [1.29, 1.82) is 0 Å². The van der Waals surface area contributed by atoms with Crippen molar-refractivity contribution >= 4 is 33.9 Å². The summed E-state index contributed by atoms with van der Waals surface area (Å²) in [4.78, 5) is 14.0. The van der Waals surface area contributed by atoms with Gasteiger partial charge in [0.05, 0.1) is 4.88 Å². The zero-order chi connectivity index (χ0) is 17.1. The van der Waals surface area contributed by atoms with Crippen LogP contribution < -0.4 is 5.32 Å². The lowest BCUT2D eigenvalue weighted by Gasteiger charge is -2.08. The molecule has 0 saturated carbocycles. The third-order valence-corrected chi connectivity index (χ3v) is 4.93. The number of nitrogens with one attached hydrogen (secondary N) is 1. The van der Waals surface area contributed by atoms with Crippen LogP contribution in [0.25, 0.3) is 21.6 Å². The largest absolute Gasteiger partial charge is 0.316 e. The average molecular weight is 365 g/mol. The minimum atomic E-state index is 0.702. The van der Waals surface area contributed by atoms with E-state index in [-0.39, 0.29) is 0 Å². The number of rotatable bonds is 4. The molecule has 0 amide bonds. The van der Waals surface area contributed by atoms with Crippen molar-refractivity contribution in [3.05, 3.63) is 78.3 Å². The first-order valence-electron chi connectivity index (χ1n) is 7.64. The molecule has 1 aromatic carbocycles. The van der Waals surface area contributed by atoms with Crippen molar-refractivity contribution < 1.29 is 0 Å². The van der Waals surface area contributed by atoms with Gasteiger partial charge in [0.2, 0.25) is 0 Å². The van der Waals surface area contributed by atoms with Gasteiger partial charge in [-0.1, -0.05) is 47.2 Å². The van der Waals surface area contributed by atoms with Gasteiger partial charge < -0.3 is 5.32 Å². The van der Waals surface area contributed by atoms with Crippen LogP contribution in [0.1, 0.15) is 0 Å². The van der Waals surface area contributed by atoms with Crippen molar-refractivity contribution in [2.24, 2.45) is 0 Å². The van der Waals surface area contributed by atoms with Crippen LogP contribution >= 0.6 is 22.9 Å². The molecule has 25 heavy (non-hydrogen) atoms. The van der Waals surface area contributed by atoms with E-state index in [9.17, 15) is 0 Å². The lowest BCUT2D eigenvalue weighted by atomic mass is 10.0. The lowest BCUT2D eigenvalue weighted by molar-refractivity contribution is 1.29. The molecule has 0 saturated heterocycles. The van der Waals surface area contributed by atoms with Crippen LogP contribution in [0.15, 0.2) is 73.3 Å². The Bertz CT molecular complexity index is 1000. The molecule has 4 rings (SSSR count). The predicted octanol–water partition coefficient (Wildman–Crippen LogP) is 5.66. The maximum Gasteiger partial charge on any atom is 0.188 e. The van der Waals surface area contributed by atoms with Crippen molar-refractivity contribution in [3.63, 3.8) is 0 Å². The van der Waals surface area contributed by atoms with Crippen molar-refractivity contribution in [3.8, 4) is 21.6 Å². The Labute approximate surface area is 154 Å². The Balaban J connectivity index is 1.71. The van der Waals surface area contributed by atoms with E-state index in [1.165, 1.54) is 0 Å². The standard InChI is InChI=1S/C19H13ClN4S/c20-16-6-2-1-5-13(16)15-11-21-10-8-14(15)17-12-23-19(25-17)24-18-7-3-4-9-22-18/h1-12H,(H,22,23,24). The molecule has 4 aromatic rings. The molecule has 0 spiro atoms. The first kappa shape index (κ1) is 15.7. The summed E-state index contributed by atoms with van der Waals surface area (Å²) in [5.41, 5.74) is 3.00. The van der Waals surface area contributed by atoms with E-state index in [2.05, 4.69) is 20.3 Å². The third kappa shape index (κ3) is 3.38. The monoisotopic (exact) mass is 364 g/mol. The van der Waals surface area contributed by atoms with E-state index in [0.29, 0.717) is 5.02 Å². The highest BCUT2D eigenvalue weighted by molar-refractivity contribution is 7.19. The Morgan fingerprint density at radius 1 is 0.800 bits per heavy atom. The van der Waals surface area contributed by atoms with Crippen LogP contribution in [0, 0.1) is 0 Å². The SMILES string of the molecule is Clc1ccccc1-c1cnccc1-c1cnc(Nc2ccccn2)s1. The molecular formula is C19H13ClN4S. The topological polar surface area (TPSA) is 50.7 Å². The number of halogens is 1. The van der Waals surface area contributed by atoms with Gasteiger partial charge in [0.25, 0.3) is 0 Å². The van der Waals surface area contributed by atoms with Crippen LogP contribution in [0.3, 0.4) is 0 Å². The molecule has 6 heteroatoms. The predicted molar refractivity (Wildman–Crippen MR) is 103 cm³/mol. The van der Waals surface area contributed by atoms with E-state index >= 15 is 0 Å². The molecule has 0 aliphatic heterocycles. The van der Waals surface area contributed by atoms with Gasteiger partial charge in [0.1, 0.15) is 5.82 Å². The molecule has 0 aliphatic carbocycles. The van der Waals surface area contributed by atoms with E-state index in [0.717, 1.165) is 32.5 Å². The third-order valence-electron chi connectivity index (χ3n) is 3.66. The Morgan fingerprint density at radius 2 is 1.68 bits per heavy atom.